The van der Waals surface area contributed by atoms with E-state index in [1.165, 1.54) is 25.9 Å². The van der Waals surface area contributed by atoms with Gasteiger partial charge in [0.2, 0.25) is 5.91 Å². The number of nitrogens with one attached hydrogen (secondary N) is 2. The molecule has 0 radical (unpaired) electrons. The molecule has 0 aromatic heterocycles. The van der Waals surface area contributed by atoms with Gasteiger partial charge in [-0.25, -0.2) is 0 Å². The fourth-order valence-corrected chi connectivity index (χ4v) is 2.06. The molecule has 0 bridgehead atoms. The number of carbonyl (C=O) groups is 1. The molecule has 2 N–H and O–H groups in total. The molecule has 0 aromatic rings. The minimum Gasteiger partial charge on any atom is -0.356 e. The van der Waals surface area contributed by atoms with Gasteiger partial charge in [0, 0.05) is 19.5 Å². The van der Waals surface area contributed by atoms with E-state index in [0.29, 0.717) is 6.42 Å². The standard InChI is InChI=1S/C12H25N3O/c1-3-14-12(16)4-7-13-10-11-5-8-15(2)9-6-11/h11,13H,3-10H2,1-2H3,(H,14,16). The van der Waals surface area contributed by atoms with Crippen molar-refractivity contribution in [3.8, 4) is 0 Å². The van der Waals surface area contributed by atoms with Crippen LogP contribution in [0.3, 0.4) is 0 Å². The molecule has 1 amide bonds. The predicted molar refractivity (Wildman–Crippen MR) is 66.4 cm³/mol. The fraction of sp³-hybridized carbons (Fsp3) is 0.917. The van der Waals surface area contributed by atoms with Gasteiger partial charge in [-0.05, 0) is 52.4 Å². The van der Waals surface area contributed by atoms with Gasteiger partial charge in [0.25, 0.3) is 0 Å². The summed E-state index contributed by atoms with van der Waals surface area (Å²) < 4.78 is 0. The van der Waals surface area contributed by atoms with E-state index in [4.69, 9.17) is 0 Å². The largest absolute Gasteiger partial charge is 0.356 e. The van der Waals surface area contributed by atoms with Gasteiger partial charge in [-0.2, -0.15) is 0 Å². The van der Waals surface area contributed by atoms with Crippen molar-refractivity contribution in [2.24, 2.45) is 5.92 Å². The van der Waals surface area contributed by atoms with Crippen LogP contribution in [-0.4, -0.2) is 50.6 Å². The smallest absolute Gasteiger partial charge is 0.221 e. The van der Waals surface area contributed by atoms with Crippen molar-refractivity contribution >= 4 is 5.91 Å². The van der Waals surface area contributed by atoms with Crippen molar-refractivity contribution < 1.29 is 4.79 Å². The van der Waals surface area contributed by atoms with Crippen molar-refractivity contribution in [3.63, 3.8) is 0 Å². The number of nitrogens with zero attached hydrogens (tertiary/aromatic N) is 1. The molecule has 94 valence electrons. The lowest BCUT2D eigenvalue weighted by Gasteiger charge is -2.29. The summed E-state index contributed by atoms with van der Waals surface area (Å²) >= 11 is 0. The van der Waals surface area contributed by atoms with Crippen LogP contribution in [0.1, 0.15) is 26.2 Å². The van der Waals surface area contributed by atoms with Gasteiger partial charge >= 0.3 is 0 Å². The lowest BCUT2D eigenvalue weighted by molar-refractivity contribution is -0.120. The van der Waals surface area contributed by atoms with Crippen LogP contribution in [0.25, 0.3) is 0 Å². The lowest BCUT2D eigenvalue weighted by Crippen LogP contribution is -2.36. The van der Waals surface area contributed by atoms with E-state index < -0.39 is 0 Å². The Morgan fingerprint density at radius 1 is 1.38 bits per heavy atom. The summed E-state index contributed by atoms with van der Waals surface area (Å²) in [6.07, 6.45) is 3.16. The molecule has 1 aliphatic rings. The molecule has 0 unspecified atom stereocenters. The van der Waals surface area contributed by atoms with Gasteiger partial charge in [0.15, 0.2) is 0 Å². The highest BCUT2D eigenvalue weighted by Gasteiger charge is 2.15. The molecule has 1 fully saturated rings. The normalized spacial score (nSPS) is 18.6. The van der Waals surface area contributed by atoms with Crippen molar-refractivity contribution in [1.29, 1.82) is 0 Å². The number of hydrogen-bond acceptors (Lipinski definition) is 3. The van der Waals surface area contributed by atoms with Crippen LogP contribution in [0.15, 0.2) is 0 Å². The van der Waals surface area contributed by atoms with Crippen LogP contribution in [0.2, 0.25) is 0 Å². The van der Waals surface area contributed by atoms with E-state index in [2.05, 4.69) is 22.6 Å². The Bertz CT molecular complexity index is 200. The third-order valence-corrected chi connectivity index (χ3v) is 3.17. The number of rotatable bonds is 6. The summed E-state index contributed by atoms with van der Waals surface area (Å²) in [5.41, 5.74) is 0. The highest BCUT2D eigenvalue weighted by molar-refractivity contribution is 5.75. The number of likely N-dealkylation sites (tertiary alicyclic amines) is 1. The topological polar surface area (TPSA) is 44.4 Å². The lowest BCUT2D eigenvalue weighted by atomic mass is 9.97. The van der Waals surface area contributed by atoms with E-state index in [1.54, 1.807) is 0 Å². The third-order valence-electron chi connectivity index (χ3n) is 3.17. The maximum Gasteiger partial charge on any atom is 0.221 e. The van der Waals surface area contributed by atoms with Crippen LogP contribution in [0.5, 0.6) is 0 Å². The zero-order valence-corrected chi connectivity index (χ0v) is 10.6. The Kier molecular flexibility index (Phi) is 6.42. The summed E-state index contributed by atoms with van der Waals surface area (Å²) in [5.74, 6) is 0.948. The molecule has 0 atom stereocenters. The summed E-state index contributed by atoms with van der Waals surface area (Å²) in [7, 11) is 2.18. The van der Waals surface area contributed by atoms with Gasteiger partial charge in [0.1, 0.15) is 0 Å². The van der Waals surface area contributed by atoms with Crippen molar-refractivity contribution in [2.45, 2.75) is 26.2 Å². The quantitative estimate of drug-likeness (QED) is 0.647. The second kappa shape index (κ2) is 7.63. The number of hydrogen-bond donors (Lipinski definition) is 2. The fourth-order valence-electron chi connectivity index (χ4n) is 2.06. The van der Waals surface area contributed by atoms with Crippen LogP contribution in [-0.2, 0) is 4.79 Å². The zero-order valence-electron chi connectivity index (χ0n) is 10.6. The molecule has 4 nitrogen and oxygen atoms in total. The monoisotopic (exact) mass is 227 g/mol. The maximum absolute atomic E-state index is 11.2. The second-order valence-electron chi connectivity index (χ2n) is 4.65. The van der Waals surface area contributed by atoms with E-state index in [9.17, 15) is 4.79 Å². The number of carbonyl (C=O) groups excluding carboxylic acids is 1. The van der Waals surface area contributed by atoms with Crippen LogP contribution in [0, 0.1) is 5.92 Å². The Balaban J connectivity index is 1.97. The summed E-state index contributed by atoms with van der Waals surface area (Å²) in [6, 6.07) is 0. The zero-order chi connectivity index (χ0) is 11.8. The van der Waals surface area contributed by atoms with Gasteiger partial charge < -0.3 is 15.5 Å². The first-order valence-electron chi connectivity index (χ1n) is 6.38. The average molecular weight is 227 g/mol. The van der Waals surface area contributed by atoms with Gasteiger partial charge in [-0.15, -0.1) is 0 Å². The minimum absolute atomic E-state index is 0.151. The van der Waals surface area contributed by atoms with Gasteiger partial charge in [-0.3, -0.25) is 4.79 Å². The van der Waals surface area contributed by atoms with E-state index >= 15 is 0 Å². The molecule has 1 heterocycles. The van der Waals surface area contributed by atoms with E-state index in [-0.39, 0.29) is 5.91 Å². The summed E-state index contributed by atoms with van der Waals surface area (Å²) in [4.78, 5) is 13.6. The third kappa shape index (κ3) is 5.47. The average Bonchev–Trinajstić information content (AvgIpc) is 2.27. The highest BCUT2D eigenvalue weighted by Crippen LogP contribution is 2.14. The van der Waals surface area contributed by atoms with Gasteiger partial charge in [-0.1, -0.05) is 0 Å². The van der Waals surface area contributed by atoms with Crippen molar-refractivity contribution in [3.05, 3.63) is 0 Å². The van der Waals surface area contributed by atoms with E-state index in [1.807, 2.05) is 6.92 Å². The number of amides is 1. The Morgan fingerprint density at radius 3 is 2.69 bits per heavy atom. The molecule has 4 heteroatoms. The molecule has 0 saturated carbocycles. The Labute approximate surface area is 98.8 Å². The molecule has 1 rings (SSSR count). The molecule has 0 spiro atoms. The minimum atomic E-state index is 0.151. The first-order valence-corrected chi connectivity index (χ1v) is 6.38. The predicted octanol–water partition coefficient (Wildman–Crippen LogP) is 0.444. The molecule has 0 aromatic carbocycles. The Morgan fingerprint density at radius 2 is 2.06 bits per heavy atom. The molecular weight excluding hydrogens is 202 g/mol. The maximum atomic E-state index is 11.2. The Hall–Kier alpha value is -0.610. The summed E-state index contributed by atoms with van der Waals surface area (Å²) in [6.45, 7) is 6.97. The van der Waals surface area contributed by atoms with Crippen LogP contribution < -0.4 is 10.6 Å². The SMILES string of the molecule is CCNC(=O)CCNCC1CCN(C)CC1. The molecule has 1 saturated heterocycles. The molecule has 0 aliphatic carbocycles. The number of piperidine rings is 1. The van der Waals surface area contributed by atoms with Gasteiger partial charge in [0.05, 0.1) is 0 Å². The van der Waals surface area contributed by atoms with Crippen molar-refractivity contribution in [1.82, 2.24) is 15.5 Å². The molecular formula is C12H25N3O. The highest BCUT2D eigenvalue weighted by atomic mass is 16.1. The van der Waals surface area contributed by atoms with Crippen LogP contribution in [0.4, 0.5) is 0 Å². The molecule has 1 aliphatic heterocycles. The molecule has 16 heavy (non-hydrogen) atoms. The first kappa shape index (κ1) is 13.5. The summed E-state index contributed by atoms with van der Waals surface area (Å²) in [5, 5.41) is 6.18. The van der Waals surface area contributed by atoms with Crippen molar-refractivity contribution in [2.75, 3.05) is 39.8 Å². The van der Waals surface area contributed by atoms with Crippen LogP contribution >= 0.6 is 0 Å². The first-order chi connectivity index (χ1) is 7.72. The second-order valence-corrected chi connectivity index (χ2v) is 4.65. The van der Waals surface area contributed by atoms with E-state index in [0.717, 1.165) is 25.6 Å².